The fraction of sp³-hybridized carbons (Fsp3) is 0.583. The average molecular weight is 284 g/mol. The van der Waals surface area contributed by atoms with E-state index in [1.54, 1.807) is 0 Å². The Bertz CT molecular complexity index is 474. The minimum Gasteiger partial charge on any atom is -0.476 e. The van der Waals surface area contributed by atoms with E-state index in [4.69, 9.17) is 9.84 Å². The largest absolute Gasteiger partial charge is 0.476 e. The van der Waals surface area contributed by atoms with Crippen molar-refractivity contribution in [2.45, 2.75) is 25.9 Å². The highest BCUT2D eigenvalue weighted by molar-refractivity contribution is 7.09. The molecular formula is C12H16N2O4S. The molecule has 0 saturated heterocycles. The molecule has 19 heavy (non-hydrogen) atoms. The SMILES string of the molecule is CCOC1CC1C(=O)NCCc1nc(C(=O)O)cs1. The molecule has 1 aliphatic carbocycles. The molecule has 1 amide bonds. The third-order valence-corrected chi connectivity index (χ3v) is 3.77. The highest BCUT2D eigenvalue weighted by Gasteiger charge is 2.43. The number of ether oxygens (including phenoxy) is 1. The molecule has 2 N–H and O–H groups in total. The van der Waals surface area contributed by atoms with Gasteiger partial charge < -0.3 is 15.2 Å². The Labute approximate surface area is 114 Å². The summed E-state index contributed by atoms with van der Waals surface area (Å²) in [5.41, 5.74) is 0.0601. The highest BCUT2D eigenvalue weighted by atomic mass is 32.1. The smallest absolute Gasteiger partial charge is 0.355 e. The summed E-state index contributed by atoms with van der Waals surface area (Å²) < 4.78 is 5.34. The molecule has 1 aromatic heterocycles. The summed E-state index contributed by atoms with van der Waals surface area (Å²) in [6, 6.07) is 0. The van der Waals surface area contributed by atoms with E-state index < -0.39 is 5.97 Å². The zero-order chi connectivity index (χ0) is 13.8. The topological polar surface area (TPSA) is 88.5 Å². The van der Waals surface area contributed by atoms with Crippen molar-refractivity contribution >= 4 is 23.2 Å². The van der Waals surface area contributed by atoms with E-state index >= 15 is 0 Å². The second-order valence-corrected chi connectivity index (χ2v) is 5.25. The van der Waals surface area contributed by atoms with Gasteiger partial charge >= 0.3 is 5.97 Å². The van der Waals surface area contributed by atoms with Crippen LogP contribution >= 0.6 is 11.3 Å². The molecule has 0 radical (unpaired) electrons. The molecule has 2 unspecified atom stereocenters. The Morgan fingerprint density at radius 1 is 1.63 bits per heavy atom. The van der Waals surface area contributed by atoms with Crippen LogP contribution in [0.1, 0.15) is 28.8 Å². The second kappa shape index (κ2) is 6.12. The summed E-state index contributed by atoms with van der Waals surface area (Å²) in [5, 5.41) is 13.8. The minimum absolute atomic E-state index is 0.00784. The molecule has 1 fully saturated rings. The first-order chi connectivity index (χ1) is 9.11. The molecule has 7 heteroatoms. The van der Waals surface area contributed by atoms with E-state index in [-0.39, 0.29) is 23.6 Å². The van der Waals surface area contributed by atoms with Crippen LogP contribution in [0.4, 0.5) is 0 Å². The van der Waals surface area contributed by atoms with Crippen LogP contribution in [0.25, 0.3) is 0 Å². The molecule has 1 aromatic rings. The lowest BCUT2D eigenvalue weighted by molar-refractivity contribution is -0.123. The van der Waals surface area contributed by atoms with E-state index in [1.165, 1.54) is 16.7 Å². The van der Waals surface area contributed by atoms with Crippen molar-refractivity contribution in [2.24, 2.45) is 5.92 Å². The van der Waals surface area contributed by atoms with Crippen LogP contribution in [0.3, 0.4) is 0 Å². The van der Waals surface area contributed by atoms with Gasteiger partial charge in [-0.25, -0.2) is 9.78 Å². The number of rotatable bonds is 7. The van der Waals surface area contributed by atoms with E-state index in [0.29, 0.717) is 19.6 Å². The fourth-order valence-corrected chi connectivity index (χ4v) is 2.57. The Balaban J connectivity index is 1.69. The number of carbonyl (C=O) groups is 2. The van der Waals surface area contributed by atoms with Gasteiger partial charge in [-0.1, -0.05) is 0 Å². The lowest BCUT2D eigenvalue weighted by Gasteiger charge is -2.03. The molecule has 0 spiro atoms. The van der Waals surface area contributed by atoms with Crippen molar-refractivity contribution in [3.05, 3.63) is 16.1 Å². The van der Waals surface area contributed by atoms with Crippen molar-refractivity contribution in [3.63, 3.8) is 0 Å². The molecule has 0 aromatic carbocycles. The summed E-state index contributed by atoms with van der Waals surface area (Å²) in [7, 11) is 0. The Morgan fingerprint density at radius 2 is 2.42 bits per heavy atom. The number of nitrogens with zero attached hydrogens (tertiary/aromatic N) is 1. The van der Waals surface area contributed by atoms with Crippen molar-refractivity contribution < 1.29 is 19.4 Å². The highest BCUT2D eigenvalue weighted by Crippen LogP contribution is 2.33. The van der Waals surface area contributed by atoms with Crippen molar-refractivity contribution in [2.75, 3.05) is 13.2 Å². The van der Waals surface area contributed by atoms with E-state index in [9.17, 15) is 9.59 Å². The molecule has 2 rings (SSSR count). The first kappa shape index (κ1) is 14.0. The van der Waals surface area contributed by atoms with Gasteiger partial charge in [0.2, 0.25) is 5.91 Å². The molecule has 1 heterocycles. The maximum absolute atomic E-state index is 11.7. The van der Waals surface area contributed by atoms with Crippen LogP contribution in [0.5, 0.6) is 0 Å². The summed E-state index contributed by atoms with van der Waals surface area (Å²) in [6.07, 6.45) is 1.42. The van der Waals surface area contributed by atoms with Crippen LogP contribution in [-0.4, -0.2) is 41.2 Å². The fourth-order valence-electron chi connectivity index (χ4n) is 1.79. The van der Waals surface area contributed by atoms with Crippen LogP contribution in [0.15, 0.2) is 5.38 Å². The minimum atomic E-state index is -1.02. The summed E-state index contributed by atoms with van der Waals surface area (Å²) in [5.74, 6) is -1.04. The number of carboxylic acids is 1. The molecule has 1 aliphatic rings. The third kappa shape index (κ3) is 3.74. The van der Waals surface area contributed by atoms with Gasteiger partial charge in [-0.15, -0.1) is 11.3 Å². The van der Waals surface area contributed by atoms with Gasteiger partial charge in [0.05, 0.1) is 17.0 Å². The normalized spacial score (nSPS) is 21.1. The van der Waals surface area contributed by atoms with Crippen molar-refractivity contribution in [1.82, 2.24) is 10.3 Å². The standard InChI is InChI=1S/C12H16N2O4S/c1-2-18-9-5-7(9)11(15)13-4-3-10-14-8(6-19-10)12(16)17/h6-7,9H,2-5H2,1H3,(H,13,15)(H,16,17). The molecular weight excluding hydrogens is 268 g/mol. The zero-order valence-electron chi connectivity index (χ0n) is 10.6. The second-order valence-electron chi connectivity index (χ2n) is 4.31. The van der Waals surface area contributed by atoms with E-state index in [1.807, 2.05) is 6.92 Å². The monoisotopic (exact) mass is 284 g/mol. The van der Waals surface area contributed by atoms with Gasteiger partial charge in [0.25, 0.3) is 0 Å². The third-order valence-electron chi connectivity index (χ3n) is 2.86. The predicted molar refractivity (Wildman–Crippen MR) is 69.3 cm³/mol. The number of carbonyl (C=O) groups excluding carboxylic acids is 1. The van der Waals surface area contributed by atoms with Crippen LogP contribution in [0, 0.1) is 5.92 Å². The number of aromatic carboxylic acids is 1. The average Bonchev–Trinajstić information content (AvgIpc) is 2.97. The number of hydrogen-bond acceptors (Lipinski definition) is 5. The van der Waals surface area contributed by atoms with Gasteiger partial charge in [0, 0.05) is 25.0 Å². The van der Waals surface area contributed by atoms with E-state index in [0.717, 1.165) is 11.4 Å². The molecule has 0 bridgehead atoms. The molecule has 6 nitrogen and oxygen atoms in total. The summed E-state index contributed by atoms with van der Waals surface area (Å²) >= 11 is 1.29. The summed E-state index contributed by atoms with van der Waals surface area (Å²) in [4.78, 5) is 26.3. The van der Waals surface area contributed by atoms with Gasteiger partial charge in [-0.05, 0) is 13.3 Å². The maximum Gasteiger partial charge on any atom is 0.355 e. The summed E-state index contributed by atoms with van der Waals surface area (Å²) in [6.45, 7) is 3.02. The van der Waals surface area contributed by atoms with Gasteiger partial charge in [-0.2, -0.15) is 0 Å². The van der Waals surface area contributed by atoms with Gasteiger partial charge in [0.15, 0.2) is 5.69 Å². The Kier molecular flexibility index (Phi) is 4.49. The van der Waals surface area contributed by atoms with Crippen LogP contribution in [0.2, 0.25) is 0 Å². The zero-order valence-corrected chi connectivity index (χ0v) is 11.4. The molecule has 0 aliphatic heterocycles. The number of aromatic nitrogens is 1. The first-order valence-electron chi connectivity index (χ1n) is 6.18. The number of thiazole rings is 1. The van der Waals surface area contributed by atoms with Gasteiger partial charge in [-0.3, -0.25) is 4.79 Å². The lowest BCUT2D eigenvalue weighted by Crippen LogP contribution is -2.28. The number of carboxylic acid groups (broad SMARTS) is 1. The molecule has 104 valence electrons. The predicted octanol–water partition coefficient (Wildman–Crippen LogP) is 0.925. The first-order valence-corrected chi connectivity index (χ1v) is 7.06. The van der Waals surface area contributed by atoms with Crippen molar-refractivity contribution in [3.8, 4) is 0 Å². The lowest BCUT2D eigenvalue weighted by atomic mass is 10.3. The van der Waals surface area contributed by atoms with Crippen molar-refractivity contribution in [1.29, 1.82) is 0 Å². The van der Waals surface area contributed by atoms with Crippen LogP contribution in [-0.2, 0) is 16.0 Å². The van der Waals surface area contributed by atoms with Crippen LogP contribution < -0.4 is 5.32 Å². The number of amides is 1. The van der Waals surface area contributed by atoms with E-state index in [2.05, 4.69) is 10.3 Å². The Hall–Kier alpha value is -1.47. The number of hydrogen-bond donors (Lipinski definition) is 2. The maximum atomic E-state index is 11.7. The quantitative estimate of drug-likeness (QED) is 0.777. The Morgan fingerprint density at radius 3 is 3.05 bits per heavy atom. The molecule has 1 saturated carbocycles. The molecule has 2 atom stereocenters. The number of nitrogens with one attached hydrogen (secondary N) is 1. The van der Waals surface area contributed by atoms with Gasteiger partial charge in [0.1, 0.15) is 0 Å².